The van der Waals surface area contributed by atoms with Gasteiger partial charge < -0.3 is 9.47 Å². The molecule has 0 spiro atoms. The largest absolute Gasteiger partial charge is 0.487 e. The highest BCUT2D eigenvalue weighted by atomic mass is 16.5. The van der Waals surface area contributed by atoms with Crippen molar-refractivity contribution in [3.05, 3.63) is 23.3 Å². The predicted molar refractivity (Wildman–Crippen MR) is 97.7 cm³/mol. The Labute approximate surface area is 146 Å². The van der Waals surface area contributed by atoms with Gasteiger partial charge in [-0.2, -0.15) is 0 Å². The van der Waals surface area contributed by atoms with Crippen LogP contribution in [0.25, 0.3) is 0 Å². The van der Waals surface area contributed by atoms with E-state index in [1.807, 2.05) is 46.8 Å². The SMILES string of the molecule is CCC1(Oc2c(C)cc(OC(=O)C(C)(C)CC)cc2C)CCCC1. The van der Waals surface area contributed by atoms with E-state index in [9.17, 15) is 4.79 Å². The number of rotatable bonds is 6. The second-order valence-electron chi connectivity index (χ2n) is 7.86. The van der Waals surface area contributed by atoms with Crippen LogP contribution in [0.4, 0.5) is 0 Å². The molecule has 0 bridgehead atoms. The van der Waals surface area contributed by atoms with Crippen LogP contribution in [0.1, 0.15) is 77.3 Å². The van der Waals surface area contributed by atoms with Gasteiger partial charge in [0.15, 0.2) is 0 Å². The molecule has 0 amide bonds. The van der Waals surface area contributed by atoms with Crippen LogP contribution in [0.5, 0.6) is 11.5 Å². The molecule has 1 fully saturated rings. The van der Waals surface area contributed by atoms with E-state index in [0.717, 1.165) is 42.6 Å². The van der Waals surface area contributed by atoms with E-state index in [0.29, 0.717) is 5.75 Å². The van der Waals surface area contributed by atoms with Gasteiger partial charge in [0, 0.05) is 0 Å². The van der Waals surface area contributed by atoms with Crippen LogP contribution in [0, 0.1) is 19.3 Å². The highest BCUT2D eigenvalue weighted by molar-refractivity contribution is 5.78. The second-order valence-corrected chi connectivity index (χ2v) is 7.86. The normalized spacial score (nSPS) is 16.9. The van der Waals surface area contributed by atoms with Gasteiger partial charge in [-0.25, -0.2) is 0 Å². The minimum Gasteiger partial charge on any atom is -0.487 e. The van der Waals surface area contributed by atoms with Gasteiger partial charge in [0.1, 0.15) is 17.1 Å². The second kappa shape index (κ2) is 7.16. The molecule has 1 saturated carbocycles. The lowest BCUT2D eigenvalue weighted by atomic mass is 9.91. The maximum Gasteiger partial charge on any atom is 0.316 e. The molecule has 0 aromatic heterocycles. The summed E-state index contributed by atoms with van der Waals surface area (Å²) < 4.78 is 12.1. The van der Waals surface area contributed by atoms with Crippen molar-refractivity contribution in [2.24, 2.45) is 5.41 Å². The molecule has 1 aliphatic rings. The summed E-state index contributed by atoms with van der Waals surface area (Å²) >= 11 is 0. The number of aryl methyl sites for hydroxylation is 2. The fourth-order valence-corrected chi connectivity index (χ4v) is 3.28. The quantitative estimate of drug-likeness (QED) is 0.492. The predicted octanol–water partition coefficient (Wildman–Crippen LogP) is 5.75. The molecule has 24 heavy (non-hydrogen) atoms. The topological polar surface area (TPSA) is 35.5 Å². The van der Waals surface area contributed by atoms with E-state index < -0.39 is 5.41 Å². The van der Waals surface area contributed by atoms with Crippen molar-refractivity contribution >= 4 is 5.97 Å². The first-order valence-corrected chi connectivity index (χ1v) is 9.25. The third-order valence-electron chi connectivity index (χ3n) is 5.56. The van der Waals surface area contributed by atoms with Gasteiger partial charge >= 0.3 is 5.97 Å². The van der Waals surface area contributed by atoms with Crippen LogP contribution < -0.4 is 9.47 Å². The van der Waals surface area contributed by atoms with Crippen molar-refractivity contribution in [1.29, 1.82) is 0 Å². The van der Waals surface area contributed by atoms with E-state index >= 15 is 0 Å². The molecule has 0 heterocycles. The van der Waals surface area contributed by atoms with E-state index in [-0.39, 0.29) is 11.6 Å². The maximum atomic E-state index is 12.3. The number of carbonyl (C=O) groups excluding carboxylic acids is 1. The summed E-state index contributed by atoms with van der Waals surface area (Å²) in [5, 5.41) is 0. The third-order valence-corrected chi connectivity index (χ3v) is 5.56. The van der Waals surface area contributed by atoms with Crippen LogP contribution in [-0.2, 0) is 4.79 Å². The maximum absolute atomic E-state index is 12.3. The lowest BCUT2D eigenvalue weighted by Gasteiger charge is -2.31. The molecule has 1 aromatic rings. The molecule has 3 heteroatoms. The zero-order valence-corrected chi connectivity index (χ0v) is 16.1. The number of ether oxygens (including phenoxy) is 2. The standard InChI is InChI=1S/C21H32O3/c1-7-20(5,6)19(22)23-17-13-15(3)18(16(4)14-17)24-21(8-2)11-9-10-12-21/h13-14H,7-12H2,1-6H3. The van der Waals surface area contributed by atoms with Crippen molar-refractivity contribution in [3.63, 3.8) is 0 Å². The van der Waals surface area contributed by atoms with Crippen LogP contribution >= 0.6 is 0 Å². The van der Waals surface area contributed by atoms with Crippen molar-refractivity contribution in [3.8, 4) is 11.5 Å². The van der Waals surface area contributed by atoms with Gasteiger partial charge in [0.05, 0.1) is 5.41 Å². The van der Waals surface area contributed by atoms with E-state index in [4.69, 9.17) is 9.47 Å². The van der Waals surface area contributed by atoms with Crippen LogP contribution in [0.3, 0.4) is 0 Å². The van der Waals surface area contributed by atoms with Gasteiger partial charge in [-0.05, 0) is 89.5 Å². The summed E-state index contributed by atoms with van der Waals surface area (Å²) in [6.07, 6.45) is 6.53. The minimum absolute atomic E-state index is 0.0160. The molecule has 0 atom stereocenters. The summed E-state index contributed by atoms with van der Waals surface area (Å²) in [4.78, 5) is 12.3. The first-order valence-electron chi connectivity index (χ1n) is 9.25. The molecule has 134 valence electrons. The van der Waals surface area contributed by atoms with Crippen molar-refractivity contribution in [1.82, 2.24) is 0 Å². The van der Waals surface area contributed by atoms with Crippen LogP contribution in [0.2, 0.25) is 0 Å². The Balaban J connectivity index is 2.21. The first kappa shape index (κ1) is 18.8. The molecule has 0 radical (unpaired) electrons. The van der Waals surface area contributed by atoms with Gasteiger partial charge in [-0.15, -0.1) is 0 Å². The molecular formula is C21H32O3. The lowest BCUT2D eigenvalue weighted by molar-refractivity contribution is -0.144. The van der Waals surface area contributed by atoms with E-state index in [2.05, 4.69) is 6.92 Å². The Morgan fingerprint density at radius 3 is 2.12 bits per heavy atom. The highest BCUT2D eigenvalue weighted by Crippen LogP contribution is 2.40. The summed E-state index contributed by atoms with van der Waals surface area (Å²) in [6.45, 7) is 12.1. The molecule has 0 aliphatic heterocycles. The smallest absolute Gasteiger partial charge is 0.316 e. The molecule has 0 saturated heterocycles. The Bertz CT molecular complexity index is 572. The Hall–Kier alpha value is -1.51. The fourth-order valence-electron chi connectivity index (χ4n) is 3.28. The summed E-state index contributed by atoms with van der Waals surface area (Å²) in [6, 6.07) is 3.84. The Morgan fingerprint density at radius 1 is 1.12 bits per heavy atom. The van der Waals surface area contributed by atoms with Gasteiger partial charge in [-0.1, -0.05) is 13.8 Å². The first-order chi connectivity index (χ1) is 11.2. The molecule has 1 aliphatic carbocycles. The van der Waals surface area contributed by atoms with Crippen molar-refractivity contribution in [2.45, 2.75) is 85.7 Å². The number of benzene rings is 1. The fraction of sp³-hybridized carbons (Fsp3) is 0.667. The molecular weight excluding hydrogens is 300 g/mol. The van der Waals surface area contributed by atoms with Crippen LogP contribution in [0.15, 0.2) is 12.1 Å². The van der Waals surface area contributed by atoms with Crippen molar-refractivity contribution in [2.75, 3.05) is 0 Å². The summed E-state index contributed by atoms with van der Waals surface area (Å²) in [5.74, 6) is 1.38. The molecule has 2 rings (SSSR count). The number of hydrogen-bond acceptors (Lipinski definition) is 3. The number of hydrogen-bond donors (Lipinski definition) is 0. The van der Waals surface area contributed by atoms with Crippen molar-refractivity contribution < 1.29 is 14.3 Å². The average molecular weight is 332 g/mol. The third kappa shape index (κ3) is 3.93. The van der Waals surface area contributed by atoms with E-state index in [1.54, 1.807) is 0 Å². The van der Waals surface area contributed by atoms with E-state index in [1.165, 1.54) is 12.8 Å². The lowest BCUT2D eigenvalue weighted by Crippen LogP contribution is -2.32. The van der Waals surface area contributed by atoms with Gasteiger partial charge in [0.2, 0.25) is 0 Å². The van der Waals surface area contributed by atoms with Crippen LogP contribution in [-0.4, -0.2) is 11.6 Å². The zero-order chi connectivity index (χ0) is 18.0. The number of carbonyl (C=O) groups is 1. The highest BCUT2D eigenvalue weighted by Gasteiger charge is 2.35. The Kier molecular flexibility index (Phi) is 5.62. The van der Waals surface area contributed by atoms with Gasteiger partial charge in [0.25, 0.3) is 0 Å². The average Bonchev–Trinajstić information content (AvgIpc) is 3.00. The monoisotopic (exact) mass is 332 g/mol. The zero-order valence-electron chi connectivity index (χ0n) is 16.1. The Morgan fingerprint density at radius 2 is 1.67 bits per heavy atom. The summed E-state index contributed by atoms with van der Waals surface area (Å²) in [5.41, 5.74) is 1.59. The molecule has 0 unspecified atom stereocenters. The van der Waals surface area contributed by atoms with Gasteiger partial charge in [-0.3, -0.25) is 4.79 Å². The minimum atomic E-state index is -0.465. The summed E-state index contributed by atoms with van der Waals surface area (Å²) in [7, 11) is 0. The molecule has 0 N–H and O–H groups in total. The molecule has 3 nitrogen and oxygen atoms in total. The number of esters is 1. The molecule has 1 aromatic carbocycles.